The summed E-state index contributed by atoms with van der Waals surface area (Å²) in [6.45, 7) is 1.97. The molecule has 0 radical (unpaired) electrons. The number of fused-ring (bicyclic) bond motifs is 3. The fraction of sp³-hybridized carbons (Fsp3) is 0.263. The van der Waals surface area contributed by atoms with E-state index in [4.69, 9.17) is 5.73 Å². The lowest BCUT2D eigenvalue weighted by Gasteiger charge is -2.08. The van der Waals surface area contributed by atoms with Gasteiger partial charge in [0.1, 0.15) is 11.2 Å². The van der Waals surface area contributed by atoms with Crippen LogP contribution < -0.4 is 16.4 Å². The molecule has 9 nitrogen and oxygen atoms in total. The van der Waals surface area contributed by atoms with Crippen molar-refractivity contribution >= 4 is 33.8 Å². The summed E-state index contributed by atoms with van der Waals surface area (Å²) in [5, 5.41) is 6.85. The van der Waals surface area contributed by atoms with Crippen molar-refractivity contribution in [2.24, 2.45) is 12.8 Å². The Morgan fingerprint density at radius 2 is 2.18 bits per heavy atom. The molecule has 1 amide bonds. The molecule has 0 bridgehead atoms. The molecule has 28 heavy (non-hydrogen) atoms. The van der Waals surface area contributed by atoms with Gasteiger partial charge in [0, 0.05) is 19.5 Å². The Hall–Kier alpha value is -3.46. The van der Waals surface area contributed by atoms with Crippen molar-refractivity contribution < 1.29 is 4.79 Å². The second-order valence-electron chi connectivity index (χ2n) is 6.73. The number of pyridine rings is 2. The van der Waals surface area contributed by atoms with Crippen LogP contribution >= 0.6 is 0 Å². The van der Waals surface area contributed by atoms with E-state index in [0.29, 0.717) is 6.54 Å². The van der Waals surface area contributed by atoms with Crippen LogP contribution in [-0.2, 0) is 18.4 Å². The van der Waals surface area contributed by atoms with Crippen LogP contribution in [0, 0.1) is 0 Å². The zero-order valence-corrected chi connectivity index (χ0v) is 15.9. The monoisotopic (exact) mass is 378 g/mol. The molecule has 0 aliphatic rings. The number of imidazole rings is 1. The highest BCUT2D eigenvalue weighted by Gasteiger charge is 2.15. The average molecular weight is 378 g/mol. The number of hydrogen-bond acceptors (Lipinski definition) is 6. The van der Waals surface area contributed by atoms with Crippen molar-refractivity contribution in [2.75, 3.05) is 12.4 Å². The number of rotatable bonds is 5. The number of carbonyl (C=O) groups is 1. The van der Waals surface area contributed by atoms with Gasteiger partial charge >= 0.3 is 0 Å². The zero-order valence-electron chi connectivity index (χ0n) is 15.9. The third kappa shape index (κ3) is 3.05. The molecule has 0 aromatic carbocycles. The highest BCUT2D eigenvalue weighted by molar-refractivity contribution is 6.07. The number of aromatic nitrogens is 5. The summed E-state index contributed by atoms with van der Waals surface area (Å²) in [6.07, 6.45) is 1.78. The Bertz CT molecular complexity index is 1170. The van der Waals surface area contributed by atoms with Gasteiger partial charge in [0.2, 0.25) is 5.91 Å². The highest BCUT2D eigenvalue weighted by Crippen LogP contribution is 2.31. The molecule has 144 valence electrons. The van der Waals surface area contributed by atoms with E-state index < -0.39 is 6.04 Å². The van der Waals surface area contributed by atoms with Crippen molar-refractivity contribution in [3.05, 3.63) is 36.3 Å². The van der Waals surface area contributed by atoms with Crippen molar-refractivity contribution in [1.82, 2.24) is 29.8 Å². The molecule has 1 atom stereocenters. The van der Waals surface area contributed by atoms with Gasteiger partial charge in [-0.3, -0.25) is 4.79 Å². The Morgan fingerprint density at radius 3 is 2.93 bits per heavy atom. The van der Waals surface area contributed by atoms with E-state index in [1.54, 1.807) is 13.3 Å². The largest absolute Gasteiger partial charge is 0.371 e. The summed E-state index contributed by atoms with van der Waals surface area (Å²) in [5.74, 6) is 0.511. The number of aryl methyl sites for hydroxylation is 1. The lowest BCUT2D eigenvalue weighted by Crippen LogP contribution is -2.37. The Kier molecular flexibility index (Phi) is 4.44. The molecule has 0 saturated heterocycles. The number of H-pyrrole nitrogens is 1. The topological polar surface area (TPSA) is 127 Å². The van der Waals surface area contributed by atoms with Crippen LogP contribution in [-0.4, -0.2) is 43.5 Å². The van der Waals surface area contributed by atoms with Crippen molar-refractivity contribution in [2.45, 2.75) is 19.5 Å². The standard InChI is InChI=1S/C19H22N8O/c1-10(20)19(28)22-8-11-5-4-6-13(24-11)14-7-12-16-15(23-9-27(16)3)18(21-2)26-17(12)25-14/h4-7,9-10H,8,20H2,1-3H3,(H,22,28)(H2,21,25,26)/t10-/m0/s1. The third-order valence-electron chi connectivity index (χ3n) is 4.61. The Balaban J connectivity index is 1.74. The maximum Gasteiger partial charge on any atom is 0.236 e. The van der Waals surface area contributed by atoms with Crippen LogP contribution in [0.3, 0.4) is 0 Å². The number of hydrogen-bond donors (Lipinski definition) is 4. The van der Waals surface area contributed by atoms with Gasteiger partial charge in [0.15, 0.2) is 5.82 Å². The van der Waals surface area contributed by atoms with Gasteiger partial charge < -0.3 is 25.9 Å². The second kappa shape index (κ2) is 6.93. The molecule has 5 N–H and O–H groups in total. The first-order valence-electron chi connectivity index (χ1n) is 8.99. The predicted octanol–water partition coefficient (Wildman–Crippen LogP) is 1.52. The van der Waals surface area contributed by atoms with Crippen LogP contribution in [0.5, 0.6) is 0 Å². The van der Waals surface area contributed by atoms with E-state index in [2.05, 4.69) is 30.6 Å². The third-order valence-corrected chi connectivity index (χ3v) is 4.61. The molecule has 0 fully saturated rings. The first-order valence-corrected chi connectivity index (χ1v) is 8.99. The van der Waals surface area contributed by atoms with E-state index >= 15 is 0 Å². The molecule has 4 aromatic rings. The van der Waals surface area contributed by atoms with Crippen LogP contribution in [0.2, 0.25) is 0 Å². The van der Waals surface area contributed by atoms with E-state index in [0.717, 1.165) is 45.0 Å². The van der Waals surface area contributed by atoms with Gasteiger partial charge in [-0.1, -0.05) is 6.07 Å². The maximum atomic E-state index is 11.7. The molecule has 4 heterocycles. The summed E-state index contributed by atoms with van der Waals surface area (Å²) in [4.78, 5) is 28.8. The van der Waals surface area contributed by atoms with Crippen LogP contribution in [0.4, 0.5) is 5.82 Å². The summed E-state index contributed by atoms with van der Waals surface area (Å²) in [7, 11) is 3.79. The molecular formula is C19H22N8O. The quantitative estimate of drug-likeness (QED) is 0.417. The molecule has 0 spiro atoms. The van der Waals surface area contributed by atoms with Gasteiger partial charge in [0.25, 0.3) is 0 Å². The van der Waals surface area contributed by atoms with Gasteiger partial charge in [-0.15, -0.1) is 0 Å². The van der Waals surface area contributed by atoms with Crippen molar-refractivity contribution in [1.29, 1.82) is 0 Å². The van der Waals surface area contributed by atoms with E-state index in [-0.39, 0.29) is 5.91 Å². The molecule has 4 aromatic heterocycles. The maximum absolute atomic E-state index is 11.7. The summed E-state index contributed by atoms with van der Waals surface area (Å²) in [5.41, 5.74) is 10.5. The Morgan fingerprint density at radius 1 is 1.36 bits per heavy atom. The number of nitrogens with one attached hydrogen (secondary N) is 3. The molecule has 0 aliphatic heterocycles. The van der Waals surface area contributed by atoms with E-state index in [9.17, 15) is 4.79 Å². The fourth-order valence-corrected chi connectivity index (χ4v) is 3.18. The molecule has 0 saturated carbocycles. The summed E-state index contributed by atoms with van der Waals surface area (Å²) in [6, 6.07) is 7.17. The second-order valence-corrected chi connectivity index (χ2v) is 6.73. The van der Waals surface area contributed by atoms with Crippen LogP contribution in [0.1, 0.15) is 12.6 Å². The highest BCUT2D eigenvalue weighted by atomic mass is 16.2. The molecule has 0 aliphatic carbocycles. The van der Waals surface area contributed by atoms with Crippen LogP contribution in [0.25, 0.3) is 33.5 Å². The Labute approximate surface area is 161 Å². The summed E-state index contributed by atoms with van der Waals surface area (Å²) >= 11 is 0. The van der Waals surface area contributed by atoms with E-state index in [1.807, 2.05) is 42.9 Å². The SMILES string of the molecule is CNc1nc2[nH]c(-c3cccc(CNC(=O)[C@H](C)N)n3)cc2c2c1ncn2C. The molecule has 9 heteroatoms. The normalized spacial score (nSPS) is 12.4. The predicted molar refractivity (Wildman–Crippen MR) is 109 cm³/mol. The number of anilines is 1. The number of amides is 1. The smallest absolute Gasteiger partial charge is 0.236 e. The minimum absolute atomic E-state index is 0.208. The molecule has 4 rings (SSSR count). The number of nitrogens with two attached hydrogens (primary N) is 1. The molecule has 0 unspecified atom stereocenters. The zero-order chi connectivity index (χ0) is 19.8. The van der Waals surface area contributed by atoms with Crippen molar-refractivity contribution in [3.8, 4) is 11.4 Å². The minimum Gasteiger partial charge on any atom is -0.371 e. The number of nitrogens with zero attached hydrogens (tertiary/aromatic N) is 4. The fourth-order valence-electron chi connectivity index (χ4n) is 3.18. The lowest BCUT2D eigenvalue weighted by atomic mass is 10.2. The van der Waals surface area contributed by atoms with Gasteiger partial charge in [-0.2, -0.15) is 0 Å². The van der Waals surface area contributed by atoms with Gasteiger partial charge in [0.05, 0.1) is 41.5 Å². The van der Waals surface area contributed by atoms with Gasteiger partial charge in [-0.05, 0) is 25.1 Å². The van der Waals surface area contributed by atoms with Crippen LogP contribution in [0.15, 0.2) is 30.6 Å². The first-order chi connectivity index (χ1) is 13.5. The number of aromatic amines is 1. The lowest BCUT2D eigenvalue weighted by molar-refractivity contribution is -0.122. The number of carbonyl (C=O) groups excluding carboxylic acids is 1. The van der Waals surface area contributed by atoms with Crippen molar-refractivity contribution in [3.63, 3.8) is 0 Å². The molecular weight excluding hydrogens is 356 g/mol. The summed E-state index contributed by atoms with van der Waals surface area (Å²) < 4.78 is 1.98. The van der Waals surface area contributed by atoms with Gasteiger partial charge in [-0.25, -0.2) is 15.0 Å². The van der Waals surface area contributed by atoms with E-state index in [1.165, 1.54) is 0 Å². The minimum atomic E-state index is -0.550. The average Bonchev–Trinajstić information content (AvgIpc) is 3.29. The first kappa shape index (κ1) is 17.9.